The fourth-order valence-electron chi connectivity index (χ4n) is 2.75. The number of furan rings is 1. The predicted octanol–water partition coefficient (Wildman–Crippen LogP) is 3.13. The molecule has 0 atom stereocenters. The summed E-state index contributed by atoms with van der Waals surface area (Å²) in [5.74, 6) is 0.803. The highest BCUT2D eigenvalue weighted by Crippen LogP contribution is 2.18. The fourth-order valence-corrected chi connectivity index (χ4v) is 3.47. The van der Waals surface area contributed by atoms with Gasteiger partial charge in [0, 0.05) is 24.3 Å². The van der Waals surface area contributed by atoms with Gasteiger partial charge in [0.15, 0.2) is 5.16 Å². The van der Waals surface area contributed by atoms with E-state index in [1.807, 2.05) is 30.5 Å². The minimum atomic E-state index is -0.162. The van der Waals surface area contributed by atoms with E-state index in [4.69, 9.17) is 4.42 Å². The lowest BCUT2D eigenvalue weighted by Crippen LogP contribution is -2.30. The first-order valence-electron chi connectivity index (χ1n) is 9.32. The van der Waals surface area contributed by atoms with Crippen LogP contribution in [0.1, 0.15) is 30.0 Å². The molecular weight excluding hydrogens is 390 g/mol. The number of hydrogen-bond acceptors (Lipinski definition) is 6. The maximum absolute atomic E-state index is 12.3. The van der Waals surface area contributed by atoms with Crippen molar-refractivity contribution in [3.05, 3.63) is 60.3 Å². The number of nitrogens with one attached hydrogen (secondary N) is 1. The first-order valence-corrected chi connectivity index (χ1v) is 10.3. The Balaban J connectivity index is 1.52. The van der Waals surface area contributed by atoms with Crippen LogP contribution in [0.3, 0.4) is 0 Å². The summed E-state index contributed by atoms with van der Waals surface area (Å²) in [7, 11) is 0. The highest BCUT2D eigenvalue weighted by Gasteiger charge is 2.13. The van der Waals surface area contributed by atoms with Crippen LogP contribution >= 0.6 is 11.8 Å². The summed E-state index contributed by atoms with van der Waals surface area (Å²) in [5.41, 5.74) is 1.25. The van der Waals surface area contributed by atoms with Gasteiger partial charge in [-0.25, -0.2) is 0 Å². The van der Waals surface area contributed by atoms with Crippen LogP contribution in [0.15, 0.2) is 58.6 Å². The quantitative estimate of drug-likeness (QED) is 0.542. The molecule has 0 radical (unpaired) electrons. The lowest BCUT2D eigenvalue weighted by atomic mass is 10.2. The van der Waals surface area contributed by atoms with Crippen LogP contribution in [0.25, 0.3) is 0 Å². The van der Waals surface area contributed by atoms with Gasteiger partial charge in [-0.15, -0.1) is 10.2 Å². The van der Waals surface area contributed by atoms with E-state index < -0.39 is 0 Å². The van der Waals surface area contributed by atoms with Gasteiger partial charge in [-0.2, -0.15) is 0 Å². The molecule has 0 saturated heterocycles. The molecule has 0 unspecified atom stereocenters. The molecule has 152 valence electrons. The third kappa shape index (κ3) is 5.47. The smallest absolute Gasteiger partial charge is 0.253 e. The van der Waals surface area contributed by atoms with Crippen molar-refractivity contribution in [3.8, 4) is 0 Å². The number of carbonyl (C=O) groups excluding carboxylic acids is 2. The average molecular weight is 414 g/mol. The molecule has 0 saturated carbocycles. The van der Waals surface area contributed by atoms with Gasteiger partial charge in [0.25, 0.3) is 5.91 Å². The number of nitrogens with zero attached hydrogens (tertiary/aromatic N) is 4. The normalized spacial score (nSPS) is 10.7. The Labute approximate surface area is 173 Å². The van der Waals surface area contributed by atoms with E-state index in [1.54, 1.807) is 41.8 Å². The topological polar surface area (TPSA) is 93.3 Å². The molecule has 9 heteroatoms. The Kier molecular flexibility index (Phi) is 7.07. The van der Waals surface area contributed by atoms with Gasteiger partial charge >= 0.3 is 0 Å². The highest BCUT2D eigenvalue weighted by atomic mass is 32.2. The van der Waals surface area contributed by atoms with E-state index in [1.165, 1.54) is 11.8 Å². The van der Waals surface area contributed by atoms with Crippen LogP contribution in [0.2, 0.25) is 0 Å². The van der Waals surface area contributed by atoms with E-state index in [0.717, 1.165) is 5.76 Å². The first kappa shape index (κ1) is 20.7. The average Bonchev–Trinajstić information content (AvgIpc) is 3.40. The van der Waals surface area contributed by atoms with Crippen molar-refractivity contribution < 1.29 is 14.0 Å². The Morgan fingerprint density at radius 2 is 1.93 bits per heavy atom. The summed E-state index contributed by atoms with van der Waals surface area (Å²) in [4.78, 5) is 26.4. The molecule has 2 heterocycles. The van der Waals surface area contributed by atoms with Crippen molar-refractivity contribution >= 4 is 29.3 Å². The Morgan fingerprint density at radius 1 is 1.17 bits per heavy atom. The summed E-state index contributed by atoms with van der Waals surface area (Å²) in [6, 6.07) is 10.6. The molecule has 29 heavy (non-hydrogen) atoms. The molecule has 0 fully saturated rings. The van der Waals surface area contributed by atoms with Crippen LogP contribution in [-0.2, 0) is 11.3 Å². The molecular formula is C20H23N5O3S. The largest absolute Gasteiger partial charge is 0.467 e. The molecule has 0 bridgehead atoms. The summed E-state index contributed by atoms with van der Waals surface area (Å²) in [5, 5.41) is 11.4. The van der Waals surface area contributed by atoms with Gasteiger partial charge in [0.05, 0.1) is 18.6 Å². The lowest BCUT2D eigenvalue weighted by Gasteiger charge is -2.18. The second-order valence-electron chi connectivity index (χ2n) is 6.21. The summed E-state index contributed by atoms with van der Waals surface area (Å²) >= 11 is 1.30. The van der Waals surface area contributed by atoms with E-state index in [0.29, 0.717) is 36.0 Å². The second-order valence-corrected chi connectivity index (χ2v) is 7.15. The summed E-state index contributed by atoms with van der Waals surface area (Å²) in [6.07, 6.45) is 3.22. The molecule has 3 rings (SSSR count). The lowest BCUT2D eigenvalue weighted by molar-refractivity contribution is -0.113. The van der Waals surface area contributed by atoms with Gasteiger partial charge in [0.2, 0.25) is 5.91 Å². The first-order chi connectivity index (χ1) is 14.1. The van der Waals surface area contributed by atoms with Gasteiger partial charge in [-0.1, -0.05) is 11.8 Å². The number of anilines is 1. The van der Waals surface area contributed by atoms with Gasteiger partial charge in [-0.3, -0.25) is 9.59 Å². The zero-order chi connectivity index (χ0) is 20.6. The standard InChI is InChI=1S/C20H23N5O3S/c1-3-24(4-2)19(27)15-7-9-16(10-8-15)22-18(26)13-29-20-23-21-14-25(20)12-17-6-5-11-28-17/h5-11,14H,3-4,12-13H2,1-2H3,(H,22,26). The molecule has 1 aromatic carbocycles. The molecule has 1 N–H and O–H groups in total. The summed E-state index contributed by atoms with van der Waals surface area (Å²) in [6.45, 7) is 5.73. The molecule has 0 aliphatic carbocycles. The Bertz CT molecular complexity index is 933. The number of rotatable bonds is 9. The molecule has 3 aromatic rings. The maximum Gasteiger partial charge on any atom is 0.253 e. The number of thioether (sulfide) groups is 1. The zero-order valence-electron chi connectivity index (χ0n) is 16.4. The second kappa shape index (κ2) is 9.92. The molecule has 0 aliphatic heterocycles. The Hall–Kier alpha value is -3.07. The Morgan fingerprint density at radius 3 is 2.59 bits per heavy atom. The van der Waals surface area contributed by atoms with E-state index in [9.17, 15) is 9.59 Å². The van der Waals surface area contributed by atoms with E-state index in [2.05, 4.69) is 15.5 Å². The van der Waals surface area contributed by atoms with Crippen molar-refractivity contribution in [2.45, 2.75) is 25.5 Å². The van der Waals surface area contributed by atoms with Crippen LogP contribution in [0, 0.1) is 0 Å². The van der Waals surface area contributed by atoms with Crippen LogP contribution in [0.5, 0.6) is 0 Å². The van der Waals surface area contributed by atoms with Crippen molar-refractivity contribution in [2.24, 2.45) is 0 Å². The van der Waals surface area contributed by atoms with Gasteiger partial charge < -0.3 is 19.2 Å². The number of carbonyl (C=O) groups is 2. The molecule has 8 nitrogen and oxygen atoms in total. The van der Waals surface area contributed by atoms with Crippen molar-refractivity contribution in [1.29, 1.82) is 0 Å². The van der Waals surface area contributed by atoms with Crippen LogP contribution in [0.4, 0.5) is 5.69 Å². The predicted molar refractivity (Wildman–Crippen MR) is 111 cm³/mol. The SMILES string of the molecule is CCN(CC)C(=O)c1ccc(NC(=O)CSc2nncn2Cc2ccco2)cc1. The van der Waals surface area contributed by atoms with E-state index in [-0.39, 0.29) is 17.6 Å². The number of benzene rings is 1. The van der Waals surface area contributed by atoms with Crippen LogP contribution < -0.4 is 5.32 Å². The van der Waals surface area contributed by atoms with Crippen molar-refractivity contribution in [2.75, 3.05) is 24.2 Å². The number of hydrogen-bond donors (Lipinski definition) is 1. The molecule has 0 aliphatic rings. The molecule has 2 aromatic heterocycles. The minimum absolute atomic E-state index is 0.0145. The third-order valence-electron chi connectivity index (χ3n) is 4.28. The maximum atomic E-state index is 12.3. The molecule has 2 amide bonds. The number of amides is 2. The van der Waals surface area contributed by atoms with E-state index >= 15 is 0 Å². The third-order valence-corrected chi connectivity index (χ3v) is 5.27. The van der Waals surface area contributed by atoms with Gasteiger partial charge in [-0.05, 0) is 50.2 Å². The van der Waals surface area contributed by atoms with Crippen molar-refractivity contribution in [3.63, 3.8) is 0 Å². The highest BCUT2D eigenvalue weighted by molar-refractivity contribution is 7.99. The monoisotopic (exact) mass is 413 g/mol. The number of aromatic nitrogens is 3. The zero-order valence-corrected chi connectivity index (χ0v) is 17.2. The van der Waals surface area contributed by atoms with Crippen molar-refractivity contribution in [1.82, 2.24) is 19.7 Å². The fraction of sp³-hybridized carbons (Fsp3) is 0.300. The van der Waals surface area contributed by atoms with Crippen LogP contribution in [-0.4, -0.2) is 50.3 Å². The minimum Gasteiger partial charge on any atom is -0.467 e. The summed E-state index contributed by atoms with van der Waals surface area (Å²) < 4.78 is 7.15. The molecule has 0 spiro atoms. The van der Waals surface area contributed by atoms with Gasteiger partial charge in [0.1, 0.15) is 12.1 Å².